The molecule has 24 heavy (non-hydrogen) atoms. The van der Waals surface area contributed by atoms with Crippen molar-refractivity contribution in [1.82, 2.24) is 20.2 Å². The second kappa shape index (κ2) is 8.60. The van der Waals surface area contributed by atoms with Crippen LogP contribution in [0.2, 0.25) is 0 Å². The molecule has 0 fully saturated rings. The number of thioether (sulfide) groups is 2. The van der Waals surface area contributed by atoms with Gasteiger partial charge in [0.1, 0.15) is 0 Å². The monoisotopic (exact) mass is 367 g/mol. The van der Waals surface area contributed by atoms with Crippen LogP contribution >= 0.6 is 23.5 Å². The first kappa shape index (κ1) is 18.1. The van der Waals surface area contributed by atoms with E-state index in [0.29, 0.717) is 16.1 Å². The third kappa shape index (κ3) is 4.90. The Morgan fingerprint density at radius 1 is 1.29 bits per heavy atom. The lowest BCUT2D eigenvalue weighted by molar-refractivity contribution is -0.119. The Bertz CT molecular complexity index is 708. The molecule has 0 saturated heterocycles. The van der Waals surface area contributed by atoms with Gasteiger partial charge in [0.15, 0.2) is 0 Å². The highest BCUT2D eigenvalue weighted by atomic mass is 32.2. The molecule has 0 aliphatic rings. The lowest BCUT2D eigenvalue weighted by atomic mass is 10.2. The van der Waals surface area contributed by atoms with Gasteiger partial charge in [0.25, 0.3) is 0 Å². The van der Waals surface area contributed by atoms with E-state index < -0.39 is 17.3 Å². The molecule has 0 spiro atoms. The molecule has 0 aliphatic carbocycles. The third-order valence-corrected chi connectivity index (χ3v) is 4.98. The van der Waals surface area contributed by atoms with Gasteiger partial charge in [0.05, 0.1) is 12.4 Å². The Hall–Kier alpha value is -2.20. The van der Waals surface area contributed by atoms with Gasteiger partial charge in [-0.25, -0.2) is 9.47 Å². The number of hydrogen-bond acceptors (Lipinski definition) is 8. The van der Waals surface area contributed by atoms with Crippen LogP contribution in [0.1, 0.15) is 12.5 Å². The summed E-state index contributed by atoms with van der Waals surface area (Å²) in [7, 11) is 1.19. The Morgan fingerprint density at radius 3 is 2.62 bits per heavy atom. The van der Waals surface area contributed by atoms with Crippen molar-refractivity contribution in [3.05, 3.63) is 35.9 Å². The number of nitrogens with two attached hydrogens (primary N) is 1. The van der Waals surface area contributed by atoms with Crippen LogP contribution in [0.25, 0.3) is 0 Å². The number of benzene rings is 1. The Balaban J connectivity index is 1.94. The lowest BCUT2D eigenvalue weighted by Gasteiger charge is -2.09. The standard InChI is InChI=1S/C14H17N5O3S2/c1-9(11(20)16-14(21)22-2)24-13-18-17-12(19(13)15)23-8-10-6-4-3-5-7-10/h3-7,9H,8,15H2,1-2H3,(H,16,20,21)/t9-/m1/s1. The minimum atomic E-state index is -0.805. The SMILES string of the molecule is COC(=O)NC(=O)[C@@H](C)Sc1nnc(SCc2ccccc2)n1N. The van der Waals surface area contributed by atoms with Gasteiger partial charge >= 0.3 is 6.09 Å². The Kier molecular flexibility index (Phi) is 6.50. The fourth-order valence-electron chi connectivity index (χ4n) is 1.63. The largest absolute Gasteiger partial charge is 0.453 e. The number of amides is 2. The summed E-state index contributed by atoms with van der Waals surface area (Å²) < 4.78 is 5.72. The number of carbonyl (C=O) groups is 2. The van der Waals surface area contributed by atoms with E-state index in [1.54, 1.807) is 6.92 Å². The smallest absolute Gasteiger partial charge is 0.413 e. The molecule has 3 N–H and O–H groups in total. The van der Waals surface area contributed by atoms with Crippen molar-refractivity contribution in [2.75, 3.05) is 13.0 Å². The summed E-state index contributed by atoms with van der Waals surface area (Å²) in [6.45, 7) is 1.63. The van der Waals surface area contributed by atoms with E-state index in [4.69, 9.17) is 5.84 Å². The third-order valence-electron chi connectivity index (χ3n) is 2.91. The minimum Gasteiger partial charge on any atom is -0.453 e. The van der Waals surface area contributed by atoms with Gasteiger partial charge in [-0.1, -0.05) is 53.9 Å². The molecule has 0 unspecified atom stereocenters. The number of rotatable bonds is 6. The normalized spacial score (nSPS) is 11.8. The molecule has 8 nitrogen and oxygen atoms in total. The summed E-state index contributed by atoms with van der Waals surface area (Å²) in [6.07, 6.45) is -0.805. The number of imide groups is 1. The number of carbonyl (C=O) groups excluding carboxylic acids is 2. The first-order chi connectivity index (χ1) is 11.5. The van der Waals surface area contributed by atoms with Crippen LogP contribution in [-0.4, -0.2) is 39.2 Å². The summed E-state index contributed by atoms with van der Waals surface area (Å²) >= 11 is 2.55. The van der Waals surface area contributed by atoms with Crippen LogP contribution in [0.3, 0.4) is 0 Å². The number of nitrogens with zero attached hydrogens (tertiary/aromatic N) is 3. The minimum absolute atomic E-state index is 0.387. The van der Waals surface area contributed by atoms with Crippen LogP contribution < -0.4 is 11.2 Å². The van der Waals surface area contributed by atoms with Gasteiger partial charge in [0.2, 0.25) is 16.2 Å². The molecule has 0 radical (unpaired) electrons. The van der Waals surface area contributed by atoms with E-state index in [9.17, 15) is 9.59 Å². The van der Waals surface area contributed by atoms with Crippen molar-refractivity contribution in [1.29, 1.82) is 0 Å². The van der Waals surface area contributed by atoms with Crippen LogP contribution in [0.4, 0.5) is 4.79 Å². The highest BCUT2D eigenvalue weighted by Crippen LogP contribution is 2.26. The van der Waals surface area contributed by atoms with Crippen molar-refractivity contribution in [2.45, 2.75) is 28.2 Å². The molecule has 10 heteroatoms. The van der Waals surface area contributed by atoms with E-state index >= 15 is 0 Å². The van der Waals surface area contributed by atoms with Crippen LogP contribution in [0.15, 0.2) is 40.6 Å². The van der Waals surface area contributed by atoms with Crippen LogP contribution in [-0.2, 0) is 15.3 Å². The molecule has 0 saturated carbocycles. The zero-order valence-corrected chi connectivity index (χ0v) is 14.8. The summed E-state index contributed by atoms with van der Waals surface area (Å²) in [5.74, 6) is 6.19. The molecule has 1 heterocycles. The molecule has 2 aromatic rings. The predicted molar refractivity (Wildman–Crippen MR) is 92.0 cm³/mol. The van der Waals surface area contributed by atoms with Crippen molar-refractivity contribution in [3.63, 3.8) is 0 Å². The predicted octanol–water partition coefficient (Wildman–Crippen LogP) is 1.65. The first-order valence-electron chi connectivity index (χ1n) is 6.94. The zero-order valence-electron chi connectivity index (χ0n) is 13.1. The fraction of sp³-hybridized carbons (Fsp3) is 0.286. The van der Waals surface area contributed by atoms with Gasteiger partial charge in [-0.05, 0) is 12.5 Å². The van der Waals surface area contributed by atoms with Crippen molar-refractivity contribution >= 4 is 35.5 Å². The summed E-state index contributed by atoms with van der Waals surface area (Å²) in [5, 5.41) is 10.5. The maximum absolute atomic E-state index is 11.8. The molecular weight excluding hydrogens is 350 g/mol. The summed E-state index contributed by atoms with van der Waals surface area (Å²) in [5.41, 5.74) is 1.14. The maximum atomic E-state index is 11.8. The van der Waals surface area contributed by atoms with Gasteiger partial charge in [-0.15, -0.1) is 10.2 Å². The number of nitrogens with one attached hydrogen (secondary N) is 1. The number of ether oxygens (including phenoxy) is 1. The Morgan fingerprint density at radius 2 is 1.96 bits per heavy atom. The number of methoxy groups -OCH3 is 1. The molecule has 2 amide bonds. The van der Waals surface area contributed by atoms with Gasteiger partial charge in [-0.3, -0.25) is 10.1 Å². The van der Waals surface area contributed by atoms with Crippen molar-refractivity contribution in [3.8, 4) is 0 Å². The number of aromatic nitrogens is 3. The summed E-state index contributed by atoms with van der Waals surface area (Å²) in [6, 6.07) is 9.91. The lowest BCUT2D eigenvalue weighted by Crippen LogP contribution is -2.36. The molecule has 128 valence electrons. The van der Waals surface area contributed by atoms with Crippen molar-refractivity contribution in [2.24, 2.45) is 0 Å². The maximum Gasteiger partial charge on any atom is 0.413 e. The van der Waals surface area contributed by atoms with Crippen LogP contribution in [0, 0.1) is 0 Å². The van der Waals surface area contributed by atoms with E-state index in [1.807, 2.05) is 30.3 Å². The van der Waals surface area contributed by atoms with Crippen molar-refractivity contribution < 1.29 is 14.3 Å². The quantitative estimate of drug-likeness (QED) is 0.585. The van der Waals surface area contributed by atoms with E-state index in [2.05, 4.69) is 20.3 Å². The highest BCUT2D eigenvalue weighted by Gasteiger charge is 2.21. The van der Waals surface area contributed by atoms with E-state index in [-0.39, 0.29) is 0 Å². The number of hydrogen-bond donors (Lipinski definition) is 2. The Labute approximate surface area is 147 Å². The molecule has 0 bridgehead atoms. The summed E-state index contributed by atoms with van der Waals surface area (Å²) in [4.78, 5) is 22.9. The average Bonchev–Trinajstić information content (AvgIpc) is 2.93. The highest BCUT2D eigenvalue weighted by molar-refractivity contribution is 8.00. The van der Waals surface area contributed by atoms with E-state index in [1.165, 1.54) is 23.5 Å². The molecule has 0 aliphatic heterocycles. The zero-order chi connectivity index (χ0) is 17.5. The number of nitrogen functional groups attached to an aromatic ring is 1. The second-order valence-corrected chi connectivity index (χ2v) is 6.90. The topological polar surface area (TPSA) is 112 Å². The average molecular weight is 367 g/mol. The molecule has 2 rings (SSSR count). The van der Waals surface area contributed by atoms with Gasteiger partial charge in [-0.2, -0.15) is 0 Å². The molecule has 1 atom stereocenters. The van der Waals surface area contributed by atoms with E-state index in [0.717, 1.165) is 17.3 Å². The first-order valence-corrected chi connectivity index (χ1v) is 8.80. The van der Waals surface area contributed by atoms with Gasteiger partial charge < -0.3 is 10.6 Å². The van der Waals surface area contributed by atoms with Gasteiger partial charge in [0, 0.05) is 5.75 Å². The van der Waals surface area contributed by atoms with Crippen LogP contribution in [0.5, 0.6) is 0 Å². The molecular formula is C14H17N5O3S2. The fourth-order valence-corrected chi connectivity index (χ4v) is 3.27. The molecule has 1 aromatic carbocycles. The second-order valence-electron chi connectivity index (χ2n) is 4.65. The number of alkyl carbamates (subject to hydrolysis) is 1. The molecule has 1 aromatic heterocycles.